The molecule has 0 aromatic heterocycles. The van der Waals surface area contributed by atoms with Crippen LogP contribution >= 0.6 is 0 Å². The van der Waals surface area contributed by atoms with Gasteiger partial charge in [-0.15, -0.1) is 0 Å². The van der Waals surface area contributed by atoms with Gasteiger partial charge in [0.25, 0.3) is 0 Å². The van der Waals surface area contributed by atoms with Crippen molar-refractivity contribution in [3.63, 3.8) is 0 Å². The number of aromatic hydroxyl groups is 1. The van der Waals surface area contributed by atoms with Crippen LogP contribution in [-0.2, 0) is 4.79 Å². The minimum absolute atomic E-state index is 0.155. The molecule has 2 aromatic carbocycles. The molecular weight excluding hydrogens is 384 g/mol. The van der Waals surface area contributed by atoms with Gasteiger partial charge in [-0.1, -0.05) is 50.7 Å². The zero-order valence-corrected chi connectivity index (χ0v) is 18.3. The fourth-order valence-corrected chi connectivity index (χ4v) is 5.10. The number of rotatable bonds is 6. The summed E-state index contributed by atoms with van der Waals surface area (Å²) in [5.74, 6) is 0.0643. The first-order valence-electron chi connectivity index (χ1n) is 11.9. The molecule has 4 nitrogen and oxygen atoms in total. The van der Waals surface area contributed by atoms with Crippen molar-refractivity contribution >= 4 is 23.4 Å². The number of hydrogen-bond donors (Lipinski definition) is 2. The first kappa shape index (κ1) is 21.5. The molecule has 2 fully saturated rings. The van der Waals surface area contributed by atoms with E-state index in [2.05, 4.69) is 22.3 Å². The summed E-state index contributed by atoms with van der Waals surface area (Å²) < 4.78 is 0. The van der Waals surface area contributed by atoms with Crippen molar-refractivity contribution in [1.82, 2.24) is 0 Å². The van der Waals surface area contributed by atoms with E-state index in [4.69, 9.17) is 0 Å². The number of carbonyl (C=O) groups excluding carboxylic acids is 1. The number of carbonyl (C=O) groups is 1. The normalized spacial score (nSPS) is 18.2. The minimum Gasteiger partial charge on any atom is -0.508 e. The zero-order valence-electron chi connectivity index (χ0n) is 18.3. The van der Waals surface area contributed by atoms with E-state index in [-0.39, 0.29) is 11.7 Å². The molecule has 2 aromatic rings. The van der Waals surface area contributed by atoms with Crippen LogP contribution in [0.25, 0.3) is 6.08 Å². The molecule has 0 spiro atoms. The van der Waals surface area contributed by atoms with Crippen LogP contribution in [0.4, 0.5) is 11.4 Å². The third-order valence-electron chi connectivity index (χ3n) is 6.69. The summed E-state index contributed by atoms with van der Waals surface area (Å²) in [5.41, 5.74) is 2.99. The van der Waals surface area contributed by atoms with E-state index in [1.807, 2.05) is 12.1 Å². The maximum Gasteiger partial charge on any atom is 0.248 e. The topological polar surface area (TPSA) is 52.6 Å². The van der Waals surface area contributed by atoms with E-state index in [1.165, 1.54) is 76.0 Å². The third kappa shape index (κ3) is 5.90. The minimum atomic E-state index is -0.155. The molecule has 4 rings (SSSR count). The second kappa shape index (κ2) is 10.5. The molecule has 2 aliphatic carbocycles. The summed E-state index contributed by atoms with van der Waals surface area (Å²) in [6.07, 6.45) is 16.6. The first-order valence-corrected chi connectivity index (χ1v) is 11.9. The predicted molar refractivity (Wildman–Crippen MR) is 128 cm³/mol. The Balaban J connectivity index is 1.42. The molecule has 0 atom stereocenters. The quantitative estimate of drug-likeness (QED) is 0.525. The van der Waals surface area contributed by atoms with Gasteiger partial charge in [0, 0.05) is 29.5 Å². The lowest BCUT2D eigenvalue weighted by molar-refractivity contribution is -0.111. The lowest BCUT2D eigenvalue weighted by atomic mass is 9.88. The number of nitrogens with zero attached hydrogens (tertiary/aromatic N) is 1. The lowest BCUT2D eigenvalue weighted by Gasteiger charge is -2.43. The van der Waals surface area contributed by atoms with Crippen molar-refractivity contribution in [2.24, 2.45) is 0 Å². The van der Waals surface area contributed by atoms with Crippen LogP contribution in [0.5, 0.6) is 5.75 Å². The largest absolute Gasteiger partial charge is 0.508 e. The Kier molecular flexibility index (Phi) is 7.29. The van der Waals surface area contributed by atoms with Crippen molar-refractivity contribution in [1.29, 1.82) is 0 Å². The van der Waals surface area contributed by atoms with E-state index in [1.54, 1.807) is 30.3 Å². The molecule has 2 aliphatic rings. The Morgan fingerprint density at radius 2 is 1.35 bits per heavy atom. The molecule has 2 saturated carbocycles. The molecule has 2 N–H and O–H groups in total. The highest BCUT2D eigenvalue weighted by Gasteiger charge is 2.29. The van der Waals surface area contributed by atoms with Crippen LogP contribution in [0.3, 0.4) is 0 Å². The van der Waals surface area contributed by atoms with Crippen molar-refractivity contribution in [3.05, 3.63) is 60.2 Å². The molecule has 0 aliphatic heterocycles. The predicted octanol–water partition coefficient (Wildman–Crippen LogP) is 6.52. The summed E-state index contributed by atoms with van der Waals surface area (Å²) in [4.78, 5) is 15.0. The molecule has 0 unspecified atom stereocenters. The average Bonchev–Trinajstić information content (AvgIpc) is 2.81. The summed E-state index contributed by atoms with van der Waals surface area (Å²) in [6.45, 7) is 0. The highest BCUT2D eigenvalue weighted by Crippen LogP contribution is 2.34. The molecule has 31 heavy (non-hydrogen) atoms. The Bertz CT molecular complexity index is 843. The number of hydrogen-bond acceptors (Lipinski definition) is 3. The fourth-order valence-electron chi connectivity index (χ4n) is 5.10. The van der Waals surface area contributed by atoms with Crippen LogP contribution in [0.15, 0.2) is 54.6 Å². The van der Waals surface area contributed by atoms with E-state index in [0.717, 1.165) is 11.3 Å². The van der Waals surface area contributed by atoms with E-state index < -0.39 is 0 Å². The van der Waals surface area contributed by atoms with Crippen molar-refractivity contribution < 1.29 is 9.90 Å². The van der Waals surface area contributed by atoms with Gasteiger partial charge in [-0.25, -0.2) is 0 Å². The van der Waals surface area contributed by atoms with Gasteiger partial charge < -0.3 is 15.3 Å². The Morgan fingerprint density at radius 3 is 1.90 bits per heavy atom. The molecular formula is C27H34N2O2. The Morgan fingerprint density at radius 1 is 0.806 bits per heavy atom. The van der Waals surface area contributed by atoms with E-state index in [0.29, 0.717) is 12.1 Å². The zero-order chi connectivity index (χ0) is 21.5. The molecule has 1 amide bonds. The molecule has 164 valence electrons. The maximum absolute atomic E-state index is 12.3. The van der Waals surface area contributed by atoms with Gasteiger partial charge in [0.15, 0.2) is 0 Å². The molecule has 4 heteroatoms. The van der Waals surface area contributed by atoms with Crippen LogP contribution in [0, 0.1) is 0 Å². The number of amides is 1. The summed E-state index contributed by atoms with van der Waals surface area (Å²) in [7, 11) is 0. The summed E-state index contributed by atoms with van der Waals surface area (Å²) >= 11 is 0. The lowest BCUT2D eigenvalue weighted by Crippen LogP contribution is -2.45. The van der Waals surface area contributed by atoms with E-state index >= 15 is 0 Å². The SMILES string of the molecule is O=C(C=Cc1ccc(O)cc1)Nc1ccc(N(C2CCCCC2)C2CCCCC2)cc1. The van der Waals surface area contributed by atoms with Gasteiger partial charge in [-0.2, -0.15) is 0 Å². The van der Waals surface area contributed by atoms with Gasteiger partial charge in [0.2, 0.25) is 5.91 Å². The number of nitrogens with one attached hydrogen (secondary N) is 1. The standard InChI is InChI=1S/C27H34N2O2/c30-26-18-11-21(12-19-26)13-20-27(31)28-22-14-16-25(17-15-22)29(23-7-3-1-4-8-23)24-9-5-2-6-10-24/h11-20,23-24,30H,1-10H2,(H,28,31). The second-order valence-corrected chi connectivity index (χ2v) is 8.95. The number of anilines is 2. The summed E-state index contributed by atoms with van der Waals surface area (Å²) in [6, 6.07) is 16.5. The van der Waals surface area contributed by atoms with Gasteiger partial charge in [0.1, 0.15) is 5.75 Å². The van der Waals surface area contributed by atoms with Gasteiger partial charge in [0.05, 0.1) is 0 Å². The number of phenolic OH excluding ortho intramolecular Hbond substituents is 1. The highest BCUT2D eigenvalue weighted by molar-refractivity contribution is 6.02. The van der Waals surface area contributed by atoms with Gasteiger partial charge in [-0.3, -0.25) is 4.79 Å². The maximum atomic E-state index is 12.3. The number of benzene rings is 2. The molecule has 0 bridgehead atoms. The average molecular weight is 419 g/mol. The fraction of sp³-hybridized carbons (Fsp3) is 0.444. The molecule has 0 radical (unpaired) electrons. The van der Waals surface area contributed by atoms with Gasteiger partial charge >= 0.3 is 0 Å². The number of phenols is 1. The van der Waals surface area contributed by atoms with E-state index in [9.17, 15) is 9.90 Å². The highest BCUT2D eigenvalue weighted by atomic mass is 16.3. The van der Waals surface area contributed by atoms with Crippen molar-refractivity contribution in [3.8, 4) is 5.75 Å². The van der Waals surface area contributed by atoms with Crippen LogP contribution < -0.4 is 10.2 Å². The van der Waals surface area contributed by atoms with Crippen molar-refractivity contribution in [2.75, 3.05) is 10.2 Å². The van der Waals surface area contributed by atoms with Crippen molar-refractivity contribution in [2.45, 2.75) is 76.3 Å². The van der Waals surface area contributed by atoms with Crippen LogP contribution in [0.1, 0.15) is 69.8 Å². The third-order valence-corrected chi connectivity index (χ3v) is 6.69. The second-order valence-electron chi connectivity index (χ2n) is 8.95. The van der Waals surface area contributed by atoms with Crippen LogP contribution in [0.2, 0.25) is 0 Å². The molecule has 0 saturated heterocycles. The smallest absolute Gasteiger partial charge is 0.248 e. The Labute approximate surface area is 186 Å². The first-order chi connectivity index (χ1) is 15.2. The van der Waals surface area contributed by atoms with Gasteiger partial charge in [-0.05, 0) is 73.7 Å². The van der Waals surface area contributed by atoms with Crippen LogP contribution in [-0.4, -0.2) is 23.1 Å². The Hall–Kier alpha value is -2.75. The molecule has 0 heterocycles. The summed E-state index contributed by atoms with van der Waals surface area (Å²) in [5, 5.41) is 12.3. The monoisotopic (exact) mass is 418 g/mol.